The maximum atomic E-state index is 6.10. The van der Waals surface area contributed by atoms with E-state index in [1.54, 1.807) is 0 Å². The Hall–Kier alpha value is -0.730. The van der Waals surface area contributed by atoms with Crippen molar-refractivity contribution >= 4 is 17.3 Å². The predicted molar refractivity (Wildman–Crippen MR) is 72.3 cm³/mol. The Morgan fingerprint density at radius 1 is 1.38 bits per heavy atom. The molecule has 0 saturated heterocycles. The van der Waals surface area contributed by atoms with Crippen molar-refractivity contribution in [3.63, 3.8) is 0 Å². The van der Waals surface area contributed by atoms with E-state index in [1.807, 2.05) is 32.9 Å². The first kappa shape index (κ1) is 13.3. The molecule has 0 atom stereocenters. The highest BCUT2D eigenvalue weighted by Gasteiger charge is 2.13. The van der Waals surface area contributed by atoms with Crippen molar-refractivity contribution in [3.05, 3.63) is 28.8 Å². The lowest BCUT2D eigenvalue weighted by atomic mass is 10.0. The smallest absolute Gasteiger partial charge is 0.0455 e. The number of anilines is 1. The van der Waals surface area contributed by atoms with Crippen LogP contribution < -0.4 is 10.6 Å². The second kappa shape index (κ2) is 5.07. The van der Waals surface area contributed by atoms with Crippen molar-refractivity contribution in [2.24, 2.45) is 5.73 Å². The number of rotatable bonds is 4. The van der Waals surface area contributed by atoms with Gasteiger partial charge in [-0.05, 0) is 44.9 Å². The van der Waals surface area contributed by atoms with Gasteiger partial charge in [-0.2, -0.15) is 0 Å². The highest BCUT2D eigenvalue weighted by atomic mass is 35.5. The minimum atomic E-state index is -0.124. The monoisotopic (exact) mass is 240 g/mol. The number of benzene rings is 1. The molecule has 0 fully saturated rings. The molecule has 0 amide bonds. The number of halogens is 1. The van der Waals surface area contributed by atoms with E-state index < -0.39 is 0 Å². The molecule has 90 valence electrons. The van der Waals surface area contributed by atoms with E-state index in [0.29, 0.717) is 0 Å². The summed E-state index contributed by atoms with van der Waals surface area (Å²) < 4.78 is 0. The molecular weight excluding hydrogens is 220 g/mol. The van der Waals surface area contributed by atoms with Crippen LogP contribution in [0.25, 0.3) is 0 Å². The minimum absolute atomic E-state index is 0.124. The number of hydrogen-bond donors (Lipinski definition) is 1. The fraction of sp³-hybridized carbons (Fsp3) is 0.538. The Morgan fingerprint density at radius 2 is 2.00 bits per heavy atom. The van der Waals surface area contributed by atoms with Crippen LogP contribution in [0.5, 0.6) is 0 Å². The third kappa shape index (κ3) is 3.69. The van der Waals surface area contributed by atoms with Crippen LogP contribution >= 0.6 is 11.6 Å². The molecule has 1 aromatic rings. The molecular formula is C13H21ClN2. The summed E-state index contributed by atoms with van der Waals surface area (Å²) in [5, 5.41) is 0.816. The molecule has 0 bridgehead atoms. The molecule has 0 aromatic heterocycles. The second-order valence-corrected chi connectivity index (χ2v) is 5.45. The fourth-order valence-corrected chi connectivity index (χ4v) is 1.76. The fourth-order valence-electron chi connectivity index (χ4n) is 1.59. The van der Waals surface area contributed by atoms with Crippen LogP contribution in [0.15, 0.2) is 18.2 Å². The Bertz CT molecular complexity index is 355. The van der Waals surface area contributed by atoms with Crippen LogP contribution in [-0.4, -0.2) is 19.1 Å². The molecule has 1 aromatic carbocycles. The average molecular weight is 241 g/mol. The minimum Gasteiger partial charge on any atom is -0.374 e. The predicted octanol–water partition coefficient (Wildman–Crippen LogP) is 3.21. The van der Waals surface area contributed by atoms with Crippen LogP contribution in [0.1, 0.15) is 25.8 Å². The molecule has 16 heavy (non-hydrogen) atoms. The first-order valence-electron chi connectivity index (χ1n) is 5.56. The highest BCUT2D eigenvalue weighted by Crippen LogP contribution is 2.26. The lowest BCUT2D eigenvalue weighted by Gasteiger charge is -2.26. The summed E-state index contributed by atoms with van der Waals surface area (Å²) in [4.78, 5) is 2.20. The molecule has 2 nitrogen and oxygen atoms in total. The lowest BCUT2D eigenvalue weighted by Crippen LogP contribution is -2.36. The standard InChI is InChI=1S/C13H21ClN2/c1-10-11(14)6-5-7-12(10)16(4)9-8-13(2,3)15/h5-7H,8-9,15H2,1-4H3. The average Bonchev–Trinajstić information content (AvgIpc) is 2.17. The van der Waals surface area contributed by atoms with E-state index in [4.69, 9.17) is 17.3 Å². The molecule has 2 N–H and O–H groups in total. The Balaban J connectivity index is 2.73. The first-order valence-corrected chi connectivity index (χ1v) is 5.94. The van der Waals surface area contributed by atoms with Crippen molar-refractivity contribution in [3.8, 4) is 0 Å². The molecule has 0 saturated carbocycles. The highest BCUT2D eigenvalue weighted by molar-refractivity contribution is 6.31. The molecule has 0 aliphatic rings. The van der Waals surface area contributed by atoms with Crippen LogP contribution in [0, 0.1) is 6.92 Å². The summed E-state index contributed by atoms with van der Waals surface area (Å²) in [5.41, 5.74) is 8.16. The van der Waals surface area contributed by atoms with Crippen molar-refractivity contribution in [2.45, 2.75) is 32.7 Å². The number of nitrogens with two attached hydrogens (primary N) is 1. The van der Waals surface area contributed by atoms with Gasteiger partial charge in [-0.25, -0.2) is 0 Å². The van der Waals surface area contributed by atoms with Gasteiger partial charge in [-0.1, -0.05) is 17.7 Å². The third-order valence-electron chi connectivity index (χ3n) is 2.74. The van der Waals surface area contributed by atoms with Crippen molar-refractivity contribution in [1.29, 1.82) is 0 Å². The van der Waals surface area contributed by atoms with Crippen molar-refractivity contribution in [1.82, 2.24) is 0 Å². The maximum absolute atomic E-state index is 6.10. The van der Waals surface area contributed by atoms with E-state index in [-0.39, 0.29) is 5.54 Å². The number of nitrogens with zero attached hydrogens (tertiary/aromatic N) is 1. The Morgan fingerprint density at radius 3 is 2.56 bits per heavy atom. The second-order valence-electron chi connectivity index (χ2n) is 5.04. The van der Waals surface area contributed by atoms with Crippen LogP contribution in [0.2, 0.25) is 5.02 Å². The largest absolute Gasteiger partial charge is 0.374 e. The topological polar surface area (TPSA) is 29.3 Å². The van der Waals surface area contributed by atoms with Gasteiger partial charge in [0, 0.05) is 29.8 Å². The SMILES string of the molecule is Cc1c(Cl)cccc1N(C)CCC(C)(C)N. The quantitative estimate of drug-likeness (QED) is 0.876. The molecule has 0 spiro atoms. The summed E-state index contributed by atoms with van der Waals surface area (Å²) in [6.07, 6.45) is 0.954. The van der Waals surface area contributed by atoms with Gasteiger partial charge >= 0.3 is 0 Å². The molecule has 0 radical (unpaired) electrons. The first-order chi connectivity index (χ1) is 7.31. The molecule has 0 aliphatic heterocycles. The number of hydrogen-bond acceptors (Lipinski definition) is 2. The Kier molecular flexibility index (Phi) is 4.22. The van der Waals surface area contributed by atoms with Gasteiger partial charge in [0.25, 0.3) is 0 Å². The molecule has 3 heteroatoms. The van der Waals surface area contributed by atoms with E-state index in [1.165, 1.54) is 5.69 Å². The molecule has 0 unspecified atom stereocenters. The van der Waals surface area contributed by atoms with Gasteiger partial charge in [0.1, 0.15) is 0 Å². The van der Waals surface area contributed by atoms with Crippen LogP contribution in [0.4, 0.5) is 5.69 Å². The Labute approximate surface area is 103 Å². The molecule has 0 heterocycles. The van der Waals surface area contributed by atoms with E-state index >= 15 is 0 Å². The van der Waals surface area contributed by atoms with Gasteiger partial charge < -0.3 is 10.6 Å². The lowest BCUT2D eigenvalue weighted by molar-refractivity contribution is 0.479. The summed E-state index contributed by atoms with van der Waals surface area (Å²) in [5.74, 6) is 0. The molecule has 0 aliphatic carbocycles. The summed E-state index contributed by atoms with van der Waals surface area (Å²) in [6.45, 7) is 7.07. The van der Waals surface area contributed by atoms with Crippen LogP contribution in [-0.2, 0) is 0 Å². The maximum Gasteiger partial charge on any atom is 0.0455 e. The zero-order valence-electron chi connectivity index (χ0n) is 10.5. The van der Waals surface area contributed by atoms with Gasteiger partial charge in [0.2, 0.25) is 0 Å². The summed E-state index contributed by atoms with van der Waals surface area (Å²) in [6, 6.07) is 5.99. The van der Waals surface area contributed by atoms with Gasteiger partial charge in [-0.3, -0.25) is 0 Å². The van der Waals surface area contributed by atoms with Gasteiger partial charge in [0.15, 0.2) is 0 Å². The normalized spacial score (nSPS) is 11.6. The van der Waals surface area contributed by atoms with Crippen LogP contribution in [0.3, 0.4) is 0 Å². The van der Waals surface area contributed by atoms with Gasteiger partial charge in [0.05, 0.1) is 0 Å². The molecule has 1 rings (SSSR count). The zero-order chi connectivity index (χ0) is 12.3. The van der Waals surface area contributed by atoms with E-state index in [2.05, 4.69) is 18.0 Å². The van der Waals surface area contributed by atoms with Gasteiger partial charge in [-0.15, -0.1) is 0 Å². The van der Waals surface area contributed by atoms with Crippen molar-refractivity contribution < 1.29 is 0 Å². The van der Waals surface area contributed by atoms with Crippen molar-refractivity contribution in [2.75, 3.05) is 18.5 Å². The summed E-state index contributed by atoms with van der Waals surface area (Å²) >= 11 is 6.10. The zero-order valence-corrected chi connectivity index (χ0v) is 11.3. The van der Waals surface area contributed by atoms with E-state index in [0.717, 1.165) is 23.6 Å². The summed E-state index contributed by atoms with van der Waals surface area (Å²) in [7, 11) is 2.07. The third-order valence-corrected chi connectivity index (χ3v) is 3.15. The van der Waals surface area contributed by atoms with E-state index in [9.17, 15) is 0 Å².